The van der Waals surface area contributed by atoms with Gasteiger partial charge in [0.15, 0.2) is 0 Å². The number of hydrogen-bond acceptors (Lipinski definition) is 7. The van der Waals surface area contributed by atoms with Gasteiger partial charge in [0, 0.05) is 49.4 Å². The summed E-state index contributed by atoms with van der Waals surface area (Å²) in [6.45, 7) is 4.64. The zero-order chi connectivity index (χ0) is 25.3. The van der Waals surface area contributed by atoms with Crippen LogP contribution in [0, 0.1) is 5.92 Å². The molecule has 0 aromatic heterocycles. The van der Waals surface area contributed by atoms with Gasteiger partial charge in [0.1, 0.15) is 6.04 Å². The van der Waals surface area contributed by atoms with Gasteiger partial charge >= 0.3 is 0 Å². The van der Waals surface area contributed by atoms with Crippen molar-refractivity contribution in [3.63, 3.8) is 0 Å². The third kappa shape index (κ3) is 4.82. The van der Waals surface area contributed by atoms with Crippen LogP contribution < -0.4 is 37.6 Å². The Kier molecular flexibility index (Phi) is 6.72. The Morgan fingerprint density at radius 2 is 1.63 bits per heavy atom. The molecule has 3 amide bonds. The van der Waals surface area contributed by atoms with Gasteiger partial charge in [0.05, 0.1) is 17.2 Å². The second-order valence-corrected chi connectivity index (χ2v) is 9.36. The van der Waals surface area contributed by atoms with Crippen LogP contribution in [0.1, 0.15) is 40.5 Å². The molecule has 186 valence electrons. The number of nitrogens with one attached hydrogen (secondary N) is 2. The molecule has 3 atom stereocenters. The van der Waals surface area contributed by atoms with Crippen molar-refractivity contribution in [2.45, 2.75) is 31.8 Å². The predicted octanol–water partition coefficient (Wildman–Crippen LogP) is 1.12. The topological polar surface area (TPSA) is 160 Å². The number of nitrogen functional groups attached to an aromatic ring is 1. The molecule has 35 heavy (non-hydrogen) atoms. The van der Waals surface area contributed by atoms with Gasteiger partial charge in [-0.1, -0.05) is 6.92 Å². The number of nitrogens with zero attached hydrogens (tertiary/aromatic N) is 2. The molecule has 0 radical (unpaired) electrons. The van der Waals surface area contributed by atoms with Crippen molar-refractivity contribution in [1.82, 2.24) is 5.32 Å². The number of amides is 3. The monoisotopic (exact) mass is 479 g/mol. The fraction of sp³-hybridized carbons (Fsp3) is 0.400. The van der Waals surface area contributed by atoms with Crippen LogP contribution in [0.2, 0.25) is 0 Å². The molecule has 10 heteroatoms. The first-order valence-electron chi connectivity index (χ1n) is 11.8. The van der Waals surface area contributed by atoms with Gasteiger partial charge in [-0.3, -0.25) is 14.4 Å². The van der Waals surface area contributed by atoms with Crippen LogP contribution in [-0.2, 0) is 4.79 Å². The van der Waals surface area contributed by atoms with Gasteiger partial charge in [-0.25, -0.2) is 0 Å². The van der Waals surface area contributed by atoms with Gasteiger partial charge in [0.2, 0.25) is 5.91 Å². The summed E-state index contributed by atoms with van der Waals surface area (Å²) in [6, 6.07) is 9.75. The Bertz CT molecular complexity index is 1150. The summed E-state index contributed by atoms with van der Waals surface area (Å²) in [6.07, 6.45) is 1.73. The first-order valence-corrected chi connectivity index (χ1v) is 11.8. The molecule has 2 heterocycles. The first-order chi connectivity index (χ1) is 16.7. The van der Waals surface area contributed by atoms with Crippen molar-refractivity contribution >= 4 is 40.5 Å². The molecule has 2 aromatic rings. The fourth-order valence-corrected chi connectivity index (χ4v) is 5.07. The van der Waals surface area contributed by atoms with Crippen molar-refractivity contribution < 1.29 is 14.4 Å². The number of likely N-dealkylation sites (N-methyl/N-ethyl adjacent to an activating group) is 1. The zero-order valence-corrected chi connectivity index (χ0v) is 20.1. The van der Waals surface area contributed by atoms with E-state index in [0.717, 1.165) is 25.2 Å². The lowest BCUT2D eigenvalue weighted by Gasteiger charge is -2.30. The van der Waals surface area contributed by atoms with Crippen LogP contribution in [0.4, 0.5) is 22.7 Å². The van der Waals surface area contributed by atoms with E-state index in [4.69, 9.17) is 17.2 Å². The summed E-state index contributed by atoms with van der Waals surface area (Å²) in [7, 11) is 1.58. The second-order valence-electron chi connectivity index (χ2n) is 9.36. The van der Waals surface area contributed by atoms with Gasteiger partial charge in [0.25, 0.3) is 11.8 Å². The van der Waals surface area contributed by atoms with E-state index in [0.29, 0.717) is 35.8 Å². The normalized spacial score (nSPS) is 21.7. The Hall–Kier alpha value is -3.95. The Morgan fingerprint density at radius 3 is 2.26 bits per heavy atom. The van der Waals surface area contributed by atoms with Crippen LogP contribution in [0.3, 0.4) is 0 Å². The smallest absolute Gasteiger partial charge is 0.250 e. The number of anilines is 4. The van der Waals surface area contributed by atoms with E-state index < -0.39 is 17.9 Å². The summed E-state index contributed by atoms with van der Waals surface area (Å²) in [5.74, 6) is -0.752. The highest BCUT2D eigenvalue weighted by Crippen LogP contribution is 2.33. The average Bonchev–Trinajstić information content (AvgIpc) is 3.45. The van der Waals surface area contributed by atoms with Crippen LogP contribution >= 0.6 is 0 Å². The average molecular weight is 480 g/mol. The minimum absolute atomic E-state index is 0.194. The number of carbonyl (C=O) groups excluding carboxylic acids is 3. The number of carbonyl (C=O) groups is 3. The van der Waals surface area contributed by atoms with Crippen molar-refractivity contribution in [1.29, 1.82) is 0 Å². The van der Waals surface area contributed by atoms with Gasteiger partial charge < -0.3 is 37.6 Å². The summed E-state index contributed by atoms with van der Waals surface area (Å²) in [5, 5.41) is 6.12. The summed E-state index contributed by atoms with van der Waals surface area (Å²) in [5.41, 5.74) is 20.2. The van der Waals surface area contributed by atoms with Crippen LogP contribution in [0.25, 0.3) is 0 Å². The Balaban J connectivity index is 1.62. The number of rotatable bonds is 7. The van der Waals surface area contributed by atoms with Crippen molar-refractivity contribution in [2.75, 3.05) is 47.5 Å². The molecule has 2 saturated heterocycles. The maximum atomic E-state index is 13.0. The lowest BCUT2D eigenvalue weighted by molar-refractivity contribution is -0.121. The predicted molar refractivity (Wildman–Crippen MR) is 138 cm³/mol. The van der Waals surface area contributed by atoms with E-state index in [1.165, 1.54) is 0 Å². The van der Waals surface area contributed by atoms with E-state index in [1.54, 1.807) is 25.2 Å². The largest absolute Gasteiger partial charge is 0.398 e. The molecule has 2 aromatic carbocycles. The van der Waals surface area contributed by atoms with Gasteiger partial charge in [-0.05, 0) is 55.2 Å². The van der Waals surface area contributed by atoms with E-state index in [9.17, 15) is 14.4 Å². The van der Waals surface area contributed by atoms with Crippen molar-refractivity contribution in [2.24, 2.45) is 17.4 Å². The first kappa shape index (κ1) is 24.2. The zero-order valence-electron chi connectivity index (χ0n) is 20.1. The molecule has 2 aliphatic rings. The quantitative estimate of drug-likeness (QED) is 0.372. The fourth-order valence-electron chi connectivity index (χ4n) is 5.07. The molecule has 3 unspecified atom stereocenters. The Labute approximate surface area is 204 Å². The standard InChI is InChI=1S/C25H33N7O3/c1-14-7-9-31(13-14)15-4-6-20(18(11-15)24(28)34)30-21-8-10-32(22(21)25(35)29-2)16-3-5-19(26)17(12-16)23(27)33/h3-6,11-12,14,21-22,30H,7-10,13,26H2,1-2H3,(H2,27,33)(H2,28,34)(H,29,35). The molecular formula is C25H33N7O3. The number of nitrogens with two attached hydrogens (primary N) is 3. The van der Waals surface area contributed by atoms with Gasteiger partial charge in [-0.15, -0.1) is 0 Å². The highest BCUT2D eigenvalue weighted by atomic mass is 16.2. The number of hydrogen-bond donors (Lipinski definition) is 5. The highest BCUT2D eigenvalue weighted by Gasteiger charge is 2.40. The summed E-state index contributed by atoms with van der Waals surface area (Å²) < 4.78 is 0. The lowest BCUT2D eigenvalue weighted by Crippen LogP contribution is -2.49. The van der Waals surface area contributed by atoms with Crippen molar-refractivity contribution in [3.05, 3.63) is 47.5 Å². The number of benzene rings is 2. The van der Waals surface area contributed by atoms with Gasteiger partial charge in [-0.2, -0.15) is 0 Å². The van der Waals surface area contributed by atoms with Crippen LogP contribution in [0.5, 0.6) is 0 Å². The molecule has 4 rings (SSSR count). The molecule has 0 spiro atoms. The van der Waals surface area contributed by atoms with Crippen molar-refractivity contribution in [3.8, 4) is 0 Å². The maximum absolute atomic E-state index is 13.0. The third-order valence-electron chi connectivity index (χ3n) is 6.95. The minimum atomic E-state index is -0.631. The molecule has 0 aliphatic carbocycles. The molecule has 8 N–H and O–H groups in total. The SMILES string of the molecule is CNC(=O)C1C(Nc2ccc(N3CCC(C)C3)cc2C(N)=O)CCN1c1ccc(N)c(C(N)=O)c1. The van der Waals surface area contributed by atoms with E-state index in [-0.39, 0.29) is 23.2 Å². The lowest BCUT2D eigenvalue weighted by atomic mass is 10.0. The molecule has 0 bridgehead atoms. The highest BCUT2D eigenvalue weighted by molar-refractivity contribution is 6.00. The molecule has 2 fully saturated rings. The molecular weight excluding hydrogens is 446 g/mol. The molecule has 2 aliphatic heterocycles. The van der Waals surface area contributed by atoms with Crippen LogP contribution in [0.15, 0.2) is 36.4 Å². The second kappa shape index (κ2) is 9.73. The number of primary amides is 2. The minimum Gasteiger partial charge on any atom is -0.398 e. The summed E-state index contributed by atoms with van der Waals surface area (Å²) in [4.78, 5) is 41.2. The van der Waals surface area contributed by atoms with Crippen LogP contribution in [-0.4, -0.2) is 56.5 Å². The summed E-state index contributed by atoms with van der Waals surface area (Å²) >= 11 is 0. The maximum Gasteiger partial charge on any atom is 0.250 e. The van der Waals surface area contributed by atoms with E-state index >= 15 is 0 Å². The molecule has 10 nitrogen and oxygen atoms in total. The Morgan fingerprint density at radius 1 is 0.943 bits per heavy atom. The third-order valence-corrected chi connectivity index (χ3v) is 6.95. The van der Waals surface area contributed by atoms with E-state index in [2.05, 4.69) is 22.5 Å². The van der Waals surface area contributed by atoms with E-state index in [1.807, 2.05) is 23.1 Å². The molecule has 0 saturated carbocycles.